The first kappa shape index (κ1) is 22.6. The molecule has 130 valence electrons. The van der Waals surface area contributed by atoms with Crippen molar-refractivity contribution < 1.29 is 22.1 Å². The number of rotatable bonds is 6. The molecule has 0 N–H and O–H groups in total. The number of hydrogen-bond acceptors (Lipinski definition) is 2. The Labute approximate surface area is 178 Å². The molecule has 2 aromatic rings. The van der Waals surface area contributed by atoms with Gasteiger partial charge in [0.1, 0.15) is 0 Å². The van der Waals surface area contributed by atoms with Crippen LogP contribution in [0.3, 0.4) is 0 Å². The van der Waals surface area contributed by atoms with Gasteiger partial charge in [-0.1, -0.05) is 90.2 Å². The molecule has 2 nitrogen and oxygen atoms in total. The molecule has 1 aliphatic rings. The van der Waals surface area contributed by atoms with Crippen LogP contribution in [0.25, 0.3) is 0 Å². The van der Waals surface area contributed by atoms with E-state index in [1.807, 2.05) is 60.7 Å². The molecular formula is C21H26BrMgNO. The van der Waals surface area contributed by atoms with Crippen LogP contribution >= 0.6 is 0 Å². The smallest absolute Gasteiger partial charge is 1.00 e. The van der Waals surface area contributed by atoms with Crippen molar-refractivity contribution in [3.63, 3.8) is 0 Å². The predicted octanol–water partition coefficient (Wildman–Crippen LogP) is 0.180. The summed E-state index contributed by atoms with van der Waals surface area (Å²) in [5.74, 6) is 0. The van der Waals surface area contributed by atoms with E-state index in [0.29, 0.717) is 6.42 Å². The minimum atomic E-state index is -1.14. The fourth-order valence-electron chi connectivity index (χ4n) is 3.60. The van der Waals surface area contributed by atoms with Gasteiger partial charge in [0.2, 0.25) is 0 Å². The van der Waals surface area contributed by atoms with Crippen LogP contribution in [0.2, 0.25) is 0 Å². The maximum Gasteiger partial charge on any atom is 2.00 e. The summed E-state index contributed by atoms with van der Waals surface area (Å²) in [5, 5.41) is 13.7. The quantitative estimate of drug-likeness (QED) is 0.633. The molecule has 0 aromatic heterocycles. The van der Waals surface area contributed by atoms with Crippen molar-refractivity contribution in [2.24, 2.45) is 0 Å². The van der Waals surface area contributed by atoms with Gasteiger partial charge in [0.15, 0.2) is 0 Å². The Kier molecular flexibility index (Phi) is 10.3. The van der Waals surface area contributed by atoms with Crippen LogP contribution in [0.4, 0.5) is 0 Å². The monoisotopic (exact) mass is 411 g/mol. The SMILES string of the molecule is [Br-].[Mg+2].[O-]C(CCCN1CCCCC1)(c1ccccc1)c1ccccc1. The van der Waals surface area contributed by atoms with Crippen LogP contribution in [0.15, 0.2) is 60.7 Å². The van der Waals surface area contributed by atoms with Crippen LogP contribution in [-0.4, -0.2) is 47.6 Å². The summed E-state index contributed by atoms with van der Waals surface area (Å²) in [4.78, 5) is 2.51. The Morgan fingerprint density at radius 3 is 1.76 bits per heavy atom. The molecule has 1 heterocycles. The van der Waals surface area contributed by atoms with Gasteiger partial charge >= 0.3 is 23.1 Å². The molecule has 0 amide bonds. The van der Waals surface area contributed by atoms with Crippen molar-refractivity contribution in [1.29, 1.82) is 0 Å². The van der Waals surface area contributed by atoms with E-state index in [2.05, 4.69) is 4.90 Å². The second-order valence-corrected chi connectivity index (χ2v) is 6.56. The Morgan fingerprint density at radius 2 is 1.28 bits per heavy atom. The van der Waals surface area contributed by atoms with E-state index >= 15 is 0 Å². The maximum atomic E-state index is 13.7. The summed E-state index contributed by atoms with van der Waals surface area (Å²) in [7, 11) is 0. The van der Waals surface area contributed by atoms with Crippen molar-refractivity contribution in [2.75, 3.05) is 19.6 Å². The Bertz CT molecular complexity index is 548. The van der Waals surface area contributed by atoms with E-state index in [0.717, 1.165) is 24.1 Å². The van der Waals surface area contributed by atoms with Crippen LogP contribution in [0.1, 0.15) is 43.2 Å². The molecule has 0 spiro atoms. The molecule has 0 saturated carbocycles. The molecule has 3 rings (SSSR count). The third kappa shape index (κ3) is 6.07. The van der Waals surface area contributed by atoms with Crippen LogP contribution < -0.4 is 22.1 Å². The molecule has 0 radical (unpaired) electrons. The van der Waals surface area contributed by atoms with E-state index in [4.69, 9.17) is 0 Å². The molecule has 25 heavy (non-hydrogen) atoms. The topological polar surface area (TPSA) is 26.3 Å². The van der Waals surface area contributed by atoms with Crippen molar-refractivity contribution in [3.8, 4) is 0 Å². The van der Waals surface area contributed by atoms with E-state index in [1.165, 1.54) is 32.4 Å². The molecule has 0 unspecified atom stereocenters. The van der Waals surface area contributed by atoms with Crippen LogP contribution in [0.5, 0.6) is 0 Å². The molecule has 1 saturated heterocycles. The first-order valence-electron chi connectivity index (χ1n) is 8.83. The average molecular weight is 413 g/mol. The third-order valence-corrected chi connectivity index (χ3v) is 4.93. The van der Waals surface area contributed by atoms with Crippen molar-refractivity contribution >= 4 is 23.1 Å². The number of benzene rings is 2. The van der Waals surface area contributed by atoms with Crippen molar-refractivity contribution in [3.05, 3.63) is 71.8 Å². The van der Waals surface area contributed by atoms with Crippen LogP contribution in [-0.2, 0) is 5.60 Å². The van der Waals surface area contributed by atoms with Crippen LogP contribution in [0, 0.1) is 0 Å². The second kappa shape index (κ2) is 11.3. The number of nitrogens with zero attached hydrogens (tertiary/aromatic N) is 1. The number of halogens is 1. The molecule has 0 atom stereocenters. The molecule has 1 aliphatic heterocycles. The molecule has 2 aromatic carbocycles. The van der Waals surface area contributed by atoms with Gasteiger partial charge in [0, 0.05) is 0 Å². The largest absolute Gasteiger partial charge is 2.00 e. The van der Waals surface area contributed by atoms with Gasteiger partial charge in [-0.3, -0.25) is 0 Å². The summed E-state index contributed by atoms with van der Waals surface area (Å²) in [5.41, 5.74) is 0.618. The fraction of sp³-hybridized carbons (Fsp3) is 0.429. The zero-order chi connectivity index (χ0) is 16.0. The molecule has 0 bridgehead atoms. The second-order valence-electron chi connectivity index (χ2n) is 6.56. The fourth-order valence-corrected chi connectivity index (χ4v) is 3.60. The summed E-state index contributed by atoms with van der Waals surface area (Å²) < 4.78 is 0. The van der Waals surface area contributed by atoms with Gasteiger partial charge in [-0.05, 0) is 38.9 Å². The van der Waals surface area contributed by atoms with Gasteiger partial charge in [0.25, 0.3) is 0 Å². The average Bonchev–Trinajstić information content (AvgIpc) is 2.64. The third-order valence-electron chi connectivity index (χ3n) is 4.93. The van der Waals surface area contributed by atoms with E-state index < -0.39 is 5.60 Å². The summed E-state index contributed by atoms with van der Waals surface area (Å²) in [6, 6.07) is 19.7. The molecule has 0 aliphatic carbocycles. The summed E-state index contributed by atoms with van der Waals surface area (Å²) >= 11 is 0. The minimum Gasteiger partial charge on any atom is -1.00 e. The standard InChI is InChI=1S/C21H26NO.BrH.Mg/c23-21(19-11-4-1-5-12-19,20-13-6-2-7-14-20)15-10-18-22-16-8-3-9-17-22;;/h1-2,4-7,11-14H,3,8-10,15-18H2;1H;/q-1;;+2/p-1. The zero-order valence-electron chi connectivity index (χ0n) is 14.9. The van der Waals surface area contributed by atoms with Gasteiger partial charge in [0.05, 0.1) is 0 Å². The number of likely N-dealkylation sites (tertiary alicyclic amines) is 1. The van der Waals surface area contributed by atoms with E-state index in [-0.39, 0.29) is 40.0 Å². The van der Waals surface area contributed by atoms with Gasteiger partial charge in [-0.2, -0.15) is 0 Å². The van der Waals surface area contributed by atoms with E-state index in [9.17, 15) is 5.11 Å². The van der Waals surface area contributed by atoms with Crippen molar-refractivity contribution in [1.82, 2.24) is 4.90 Å². The number of hydrogen-bond donors (Lipinski definition) is 0. The Morgan fingerprint density at radius 1 is 0.800 bits per heavy atom. The number of piperidine rings is 1. The molecular weight excluding hydrogens is 386 g/mol. The van der Waals surface area contributed by atoms with Gasteiger partial charge in [-0.25, -0.2) is 0 Å². The Hall–Kier alpha value is -0.394. The van der Waals surface area contributed by atoms with Crippen molar-refractivity contribution in [2.45, 2.75) is 37.7 Å². The summed E-state index contributed by atoms with van der Waals surface area (Å²) in [6.45, 7) is 3.44. The maximum absolute atomic E-state index is 13.7. The molecule has 1 fully saturated rings. The summed E-state index contributed by atoms with van der Waals surface area (Å²) in [6.07, 6.45) is 5.57. The zero-order valence-corrected chi connectivity index (χ0v) is 17.9. The van der Waals surface area contributed by atoms with Gasteiger partial charge in [-0.15, -0.1) is 0 Å². The molecule has 4 heteroatoms. The van der Waals surface area contributed by atoms with Gasteiger partial charge < -0.3 is 27.0 Å². The van der Waals surface area contributed by atoms with E-state index in [1.54, 1.807) is 0 Å². The predicted molar refractivity (Wildman–Crippen MR) is 98.9 cm³/mol. The normalized spacial score (nSPS) is 15.1. The minimum absolute atomic E-state index is 0. The Balaban J connectivity index is 0.00000156. The first-order valence-corrected chi connectivity index (χ1v) is 8.83. The first-order chi connectivity index (χ1) is 11.3.